The standard InChI is InChI=1S/C23H20N4O3/c1-27-19-12-5-4-9-16(19)15-8-2-3-10-17(15)21(23(27)30)26-20(28)14-25-22(29)18-11-6-7-13-24-18/h2-13,21H,14H2,1H3,(H,25,29)(H,26,28). The molecule has 2 aromatic carbocycles. The molecule has 7 nitrogen and oxygen atoms in total. The second kappa shape index (κ2) is 8.16. The summed E-state index contributed by atoms with van der Waals surface area (Å²) < 4.78 is 0. The smallest absolute Gasteiger partial charge is 0.270 e. The molecule has 2 heterocycles. The van der Waals surface area contributed by atoms with Crippen molar-refractivity contribution in [2.45, 2.75) is 6.04 Å². The van der Waals surface area contributed by atoms with Crippen LogP contribution in [0.3, 0.4) is 0 Å². The van der Waals surface area contributed by atoms with Gasteiger partial charge in [0.1, 0.15) is 11.7 Å². The van der Waals surface area contributed by atoms with E-state index in [1.54, 1.807) is 30.1 Å². The van der Waals surface area contributed by atoms with E-state index < -0.39 is 17.9 Å². The average molecular weight is 400 g/mol. The molecule has 2 N–H and O–H groups in total. The first-order chi connectivity index (χ1) is 14.6. The lowest BCUT2D eigenvalue weighted by atomic mass is 9.95. The number of hydrogen-bond acceptors (Lipinski definition) is 4. The molecule has 0 saturated heterocycles. The summed E-state index contributed by atoms with van der Waals surface area (Å²) in [5.74, 6) is -1.17. The van der Waals surface area contributed by atoms with E-state index in [-0.39, 0.29) is 18.1 Å². The quantitative estimate of drug-likeness (QED) is 0.703. The molecule has 150 valence electrons. The van der Waals surface area contributed by atoms with Gasteiger partial charge in [0.15, 0.2) is 0 Å². The van der Waals surface area contributed by atoms with Crippen molar-refractivity contribution in [1.29, 1.82) is 0 Å². The Morgan fingerprint density at radius 1 is 0.967 bits per heavy atom. The lowest BCUT2D eigenvalue weighted by molar-refractivity contribution is -0.127. The van der Waals surface area contributed by atoms with Crippen molar-refractivity contribution in [3.63, 3.8) is 0 Å². The molecular formula is C23H20N4O3. The lowest BCUT2D eigenvalue weighted by Gasteiger charge is -2.23. The predicted octanol–water partition coefficient (Wildman–Crippen LogP) is 2.31. The highest BCUT2D eigenvalue weighted by Gasteiger charge is 2.33. The van der Waals surface area contributed by atoms with Crippen LogP contribution in [0.4, 0.5) is 5.69 Å². The molecule has 30 heavy (non-hydrogen) atoms. The number of carbonyl (C=O) groups is 3. The molecule has 3 aromatic rings. The van der Waals surface area contributed by atoms with Crippen molar-refractivity contribution in [2.24, 2.45) is 0 Å². The molecule has 0 spiro atoms. The third-order valence-corrected chi connectivity index (χ3v) is 5.02. The number of nitrogens with zero attached hydrogens (tertiary/aromatic N) is 2. The Balaban J connectivity index is 1.56. The van der Waals surface area contributed by atoms with Crippen LogP contribution < -0.4 is 15.5 Å². The van der Waals surface area contributed by atoms with Crippen LogP contribution in [-0.4, -0.2) is 36.3 Å². The Morgan fingerprint density at radius 2 is 1.67 bits per heavy atom. The number of carbonyl (C=O) groups excluding carboxylic acids is 3. The Labute approximate surface area is 173 Å². The number of amides is 3. The third-order valence-electron chi connectivity index (χ3n) is 5.02. The van der Waals surface area contributed by atoms with Crippen LogP contribution in [0.15, 0.2) is 72.9 Å². The van der Waals surface area contributed by atoms with E-state index in [1.807, 2.05) is 48.5 Å². The van der Waals surface area contributed by atoms with E-state index in [0.717, 1.165) is 16.8 Å². The molecule has 1 atom stereocenters. The molecule has 0 bridgehead atoms. The fraction of sp³-hybridized carbons (Fsp3) is 0.130. The van der Waals surface area contributed by atoms with Gasteiger partial charge in [0.05, 0.1) is 12.2 Å². The molecule has 3 amide bonds. The minimum absolute atomic E-state index is 0.219. The summed E-state index contributed by atoms with van der Waals surface area (Å²) >= 11 is 0. The molecule has 1 aliphatic heterocycles. The number of para-hydroxylation sites is 1. The first-order valence-electron chi connectivity index (χ1n) is 9.51. The van der Waals surface area contributed by atoms with Gasteiger partial charge in [0.25, 0.3) is 11.8 Å². The van der Waals surface area contributed by atoms with E-state index in [4.69, 9.17) is 0 Å². The SMILES string of the molecule is CN1C(=O)C(NC(=O)CNC(=O)c2ccccn2)c2ccccc2-c2ccccc21. The number of benzene rings is 2. The Bertz CT molecular complexity index is 1110. The zero-order valence-electron chi connectivity index (χ0n) is 16.3. The highest BCUT2D eigenvalue weighted by molar-refractivity contribution is 6.06. The minimum Gasteiger partial charge on any atom is -0.342 e. The van der Waals surface area contributed by atoms with Gasteiger partial charge in [-0.3, -0.25) is 19.4 Å². The molecule has 0 fully saturated rings. The maximum atomic E-state index is 13.2. The highest BCUT2D eigenvalue weighted by atomic mass is 16.2. The second-order valence-corrected chi connectivity index (χ2v) is 6.90. The van der Waals surface area contributed by atoms with E-state index in [1.165, 1.54) is 6.20 Å². The number of aromatic nitrogens is 1. The maximum absolute atomic E-state index is 13.2. The largest absolute Gasteiger partial charge is 0.342 e. The average Bonchev–Trinajstić information content (AvgIpc) is 2.88. The van der Waals surface area contributed by atoms with Crippen LogP contribution in [0, 0.1) is 0 Å². The minimum atomic E-state index is -0.863. The molecule has 1 aromatic heterocycles. The second-order valence-electron chi connectivity index (χ2n) is 6.90. The monoisotopic (exact) mass is 400 g/mol. The van der Waals surface area contributed by atoms with Crippen LogP contribution in [-0.2, 0) is 9.59 Å². The van der Waals surface area contributed by atoms with Crippen LogP contribution in [0.2, 0.25) is 0 Å². The fourth-order valence-corrected chi connectivity index (χ4v) is 3.53. The Kier molecular flexibility index (Phi) is 5.26. The molecule has 7 heteroatoms. The number of fused-ring (bicyclic) bond motifs is 3. The topological polar surface area (TPSA) is 91.4 Å². The number of pyridine rings is 1. The third kappa shape index (κ3) is 3.65. The molecule has 1 aliphatic rings. The summed E-state index contributed by atoms with van der Waals surface area (Å²) in [5.41, 5.74) is 3.51. The van der Waals surface area contributed by atoms with Gasteiger partial charge >= 0.3 is 0 Å². The summed E-state index contributed by atoms with van der Waals surface area (Å²) in [4.78, 5) is 43.4. The summed E-state index contributed by atoms with van der Waals surface area (Å²) in [6.45, 7) is -0.266. The first-order valence-corrected chi connectivity index (χ1v) is 9.51. The van der Waals surface area contributed by atoms with Gasteiger partial charge in [0, 0.05) is 18.8 Å². The van der Waals surface area contributed by atoms with Crippen molar-refractivity contribution in [2.75, 3.05) is 18.5 Å². The van der Waals surface area contributed by atoms with Crippen LogP contribution in [0.5, 0.6) is 0 Å². The van der Waals surface area contributed by atoms with Crippen LogP contribution in [0.1, 0.15) is 22.1 Å². The van der Waals surface area contributed by atoms with E-state index >= 15 is 0 Å². The number of likely N-dealkylation sites (N-methyl/N-ethyl adjacent to an activating group) is 1. The molecule has 0 aliphatic carbocycles. The zero-order chi connectivity index (χ0) is 21.1. The number of rotatable bonds is 4. The van der Waals surface area contributed by atoms with Gasteiger partial charge in [-0.25, -0.2) is 0 Å². The van der Waals surface area contributed by atoms with Gasteiger partial charge in [-0.1, -0.05) is 48.5 Å². The van der Waals surface area contributed by atoms with E-state index in [2.05, 4.69) is 15.6 Å². The molecule has 0 saturated carbocycles. The van der Waals surface area contributed by atoms with Gasteiger partial charge in [-0.2, -0.15) is 0 Å². The zero-order valence-corrected chi connectivity index (χ0v) is 16.3. The van der Waals surface area contributed by atoms with E-state index in [9.17, 15) is 14.4 Å². The fourth-order valence-electron chi connectivity index (χ4n) is 3.53. The van der Waals surface area contributed by atoms with Gasteiger partial charge < -0.3 is 15.5 Å². The maximum Gasteiger partial charge on any atom is 0.270 e. The molecule has 0 radical (unpaired) electrons. The molecule has 1 unspecified atom stereocenters. The number of anilines is 1. The normalized spacial score (nSPS) is 14.9. The Morgan fingerprint density at radius 3 is 2.43 bits per heavy atom. The molecule has 4 rings (SSSR count). The summed E-state index contributed by atoms with van der Waals surface area (Å²) in [5, 5.41) is 5.30. The number of hydrogen-bond donors (Lipinski definition) is 2. The summed E-state index contributed by atoms with van der Waals surface area (Å²) in [6.07, 6.45) is 1.50. The summed E-state index contributed by atoms with van der Waals surface area (Å²) in [7, 11) is 1.69. The number of nitrogens with one attached hydrogen (secondary N) is 2. The summed E-state index contributed by atoms with van der Waals surface area (Å²) in [6, 6.07) is 19.2. The van der Waals surface area contributed by atoms with Crippen molar-refractivity contribution in [1.82, 2.24) is 15.6 Å². The highest BCUT2D eigenvalue weighted by Crippen LogP contribution is 2.39. The van der Waals surface area contributed by atoms with E-state index in [0.29, 0.717) is 5.56 Å². The van der Waals surface area contributed by atoms with Crippen molar-refractivity contribution in [3.8, 4) is 11.1 Å². The molecular weight excluding hydrogens is 380 g/mol. The first kappa shape index (κ1) is 19.3. The predicted molar refractivity (Wildman–Crippen MR) is 113 cm³/mol. The lowest BCUT2D eigenvalue weighted by Crippen LogP contribution is -2.44. The van der Waals surface area contributed by atoms with Crippen LogP contribution in [0.25, 0.3) is 11.1 Å². The van der Waals surface area contributed by atoms with Gasteiger partial charge in [-0.05, 0) is 29.3 Å². The van der Waals surface area contributed by atoms with Gasteiger partial charge in [0.2, 0.25) is 5.91 Å². The van der Waals surface area contributed by atoms with Gasteiger partial charge in [-0.15, -0.1) is 0 Å². The van der Waals surface area contributed by atoms with Crippen LogP contribution >= 0.6 is 0 Å². The van der Waals surface area contributed by atoms with Crippen molar-refractivity contribution >= 4 is 23.4 Å². The van der Waals surface area contributed by atoms with Crippen molar-refractivity contribution < 1.29 is 14.4 Å². The van der Waals surface area contributed by atoms with Crippen molar-refractivity contribution in [3.05, 3.63) is 84.2 Å². The Hall–Kier alpha value is -4.00.